The van der Waals surface area contributed by atoms with Gasteiger partial charge >= 0.3 is 6.36 Å². The topological polar surface area (TPSA) is 47.7 Å². The lowest BCUT2D eigenvalue weighted by atomic mass is 10.0. The van der Waals surface area contributed by atoms with Gasteiger partial charge in [-0.25, -0.2) is 0 Å². The average Bonchev–Trinajstić information content (AvgIpc) is 2.42. The molecule has 1 fully saturated rings. The van der Waals surface area contributed by atoms with Gasteiger partial charge in [-0.1, -0.05) is 18.2 Å². The minimum atomic E-state index is -4.72. The maximum Gasteiger partial charge on any atom is 0.573 e. The molecular formula is C14H19F3N2O2. The maximum atomic E-state index is 12.5. The van der Waals surface area contributed by atoms with Crippen LogP contribution in [0.5, 0.6) is 5.75 Å². The van der Waals surface area contributed by atoms with E-state index in [4.69, 9.17) is 10.5 Å². The van der Waals surface area contributed by atoms with Gasteiger partial charge in [-0.3, -0.25) is 4.90 Å². The summed E-state index contributed by atoms with van der Waals surface area (Å²) in [5, 5.41) is 0. The van der Waals surface area contributed by atoms with Crippen LogP contribution in [0.3, 0.4) is 0 Å². The summed E-state index contributed by atoms with van der Waals surface area (Å²) in [5.41, 5.74) is 6.26. The number of ether oxygens (including phenoxy) is 2. The molecular weight excluding hydrogens is 285 g/mol. The predicted molar refractivity (Wildman–Crippen MR) is 71.9 cm³/mol. The highest BCUT2D eigenvalue weighted by Gasteiger charge is 2.34. The van der Waals surface area contributed by atoms with E-state index < -0.39 is 6.36 Å². The molecule has 0 aromatic heterocycles. The van der Waals surface area contributed by atoms with E-state index in [9.17, 15) is 13.2 Å². The number of nitrogens with two attached hydrogens (primary N) is 1. The van der Waals surface area contributed by atoms with E-state index in [1.54, 1.807) is 12.1 Å². The van der Waals surface area contributed by atoms with Gasteiger partial charge in [0.1, 0.15) is 5.75 Å². The van der Waals surface area contributed by atoms with Gasteiger partial charge in [0.15, 0.2) is 0 Å². The van der Waals surface area contributed by atoms with Gasteiger partial charge in [0.05, 0.1) is 19.3 Å². The first kappa shape index (κ1) is 16.1. The van der Waals surface area contributed by atoms with E-state index in [1.807, 2.05) is 6.92 Å². The van der Waals surface area contributed by atoms with Crippen molar-refractivity contribution >= 4 is 0 Å². The number of halogens is 3. The van der Waals surface area contributed by atoms with Gasteiger partial charge in [0.2, 0.25) is 0 Å². The molecule has 0 aliphatic carbocycles. The highest BCUT2D eigenvalue weighted by atomic mass is 19.4. The van der Waals surface area contributed by atoms with E-state index in [1.165, 1.54) is 12.1 Å². The second-order valence-corrected chi connectivity index (χ2v) is 5.00. The van der Waals surface area contributed by atoms with E-state index in [2.05, 4.69) is 9.64 Å². The first-order valence-electron chi connectivity index (χ1n) is 6.80. The molecule has 2 unspecified atom stereocenters. The fourth-order valence-electron chi connectivity index (χ4n) is 2.62. The largest absolute Gasteiger partial charge is 0.573 e. The zero-order valence-electron chi connectivity index (χ0n) is 11.8. The van der Waals surface area contributed by atoms with Crippen LogP contribution in [0.15, 0.2) is 24.3 Å². The predicted octanol–water partition coefficient (Wildman–Crippen LogP) is 2.31. The van der Waals surface area contributed by atoms with Gasteiger partial charge in [-0.15, -0.1) is 13.2 Å². The summed E-state index contributed by atoms with van der Waals surface area (Å²) >= 11 is 0. The van der Waals surface area contributed by atoms with Crippen LogP contribution in [0.4, 0.5) is 13.2 Å². The molecule has 0 radical (unpaired) electrons. The van der Waals surface area contributed by atoms with Crippen molar-refractivity contribution < 1.29 is 22.6 Å². The summed E-state index contributed by atoms with van der Waals surface area (Å²) in [6, 6.07) is 5.90. The molecule has 2 N–H and O–H groups in total. The molecule has 1 aromatic rings. The molecule has 1 aromatic carbocycles. The smallest absolute Gasteiger partial charge is 0.405 e. The molecule has 0 saturated carbocycles. The van der Waals surface area contributed by atoms with Crippen LogP contribution >= 0.6 is 0 Å². The number of para-hydroxylation sites is 1. The molecule has 21 heavy (non-hydrogen) atoms. The maximum absolute atomic E-state index is 12.5. The Bertz CT molecular complexity index is 468. The Kier molecular flexibility index (Phi) is 5.08. The lowest BCUT2D eigenvalue weighted by molar-refractivity contribution is -0.275. The van der Waals surface area contributed by atoms with Gasteiger partial charge in [0.25, 0.3) is 0 Å². The Morgan fingerprint density at radius 2 is 2.14 bits per heavy atom. The molecule has 2 rings (SSSR count). The van der Waals surface area contributed by atoms with E-state index in [0.717, 1.165) is 0 Å². The molecule has 2 atom stereocenters. The molecule has 118 valence electrons. The van der Waals surface area contributed by atoms with Crippen LogP contribution in [0.25, 0.3) is 0 Å². The quantitative estimate of drug-likeness (QED) is 0.927. The van der Waals surface area contributed by atoms with Crippen molar-refractivity contribution in [2.24, 2.45) is 5.73 Å². The van der Waals surface area contributed by atoms with Crippen LogP contribution in [0.2, 0.25) is 0 Å². The van der Waals surface area contributed by atoms with E-state index in [-0.39, 0.29) is 24.4 Å². The van der Waals surface area contributed by atoms with E-state index >= 15 is 0 Å². The summed E-state index contributed by atoms with van der Waals surface area (Å²) in [5.74, 6) is -0.195. The molecule has 0 amide bonds. The zero-order chi connectivity index (χ0) is 15.5. The fourth-order valence-corrected chi connectivity index (χ4v) is 2.62. The van der Waals surface area contributed by atoms with Crippen molar-refractivity contribution in [3.8, 4) is 5.75 Å². The molecule has 0 bridgehead atoms. The minimum absolute atomic E-state index is 0.0891. The number of hydrogen-bond acceptors (Lipinski definition) is 4. The normalized spacial score (nSPS) is 22.0. The Morgan fingerprint density at radius 1 is 1.43 bits per heavy atom. The third-order valence-corrected chi connectivity index (χ3v) is 3.55. The van der Waals surface area contributed by atoms with Crippen LogP contribution < -0.4 is 10.5 Å². The third kappa shape index (κ3) is 4.09. The molecule has 1 aliphatic heterocycles. The summed E-state index contributed by atoms with van der Waals surface area (Å²) < 4.78 is 47.0. The van der Waals surface area contributed by atoms with Gasteiger partial charge in [-0.05, 0) is 13.0 Å². The molecule has 4 nitrogen and oxygen atoms in total. The molecule has 1 aliphatic rings. The number of nitrogens with zero attached hydrogens (tertiary/aromatic N) is 1. The van der Waals surface area contributed by atoms with Gasteiger partial charge in [0, 0.05) is 24.7 Å². The highest BCUT2D eigenvalue weighted by molar-refractivity contribution is 5.36. The number of benzene rings is 1. The fraction of sp³-hybridized carbons (Fsp3) is 0.571. The number of hydrogen-bond donors (Lipinski definition) is 1. The van der Waals surface area contributed by atoms with Crippen molar-refractivity contribution in [2.45, 2.75) is 25.4 Å². The first-order chi connectivity index (χ1) is 9.92. The number of rotatable bonds is 4. The van der Waals surface area contributed by atoms with Gasteiger partial charge in [-0.2, -0.15) is 0 Å². The Hall–Kier alpha value is -1.31. The summed E-state index contributed by atoms with van der Waals surface area (Å²) in [7, 11) is 0. The lowest BCUT2D eigenvalue weighted by Crippen LogP contribution is -2.47. The van der Waals surface area contributed by atoms with Crippen molar-refractivity contribution in [1.82, 2.24) is 4.90 Å². The monoisotopic (exact) mass is 304 g/mol. The van der Waals surface area contributed by atoms with E-state index in [0.29, 0.717) is 25.3 Å². The van der Waals surface area contributed by atoms with Crippen LogP contribution in [0.1, 0.15) is 18.5 Å². The van der Waals surface area contributed by atoms with Crippen molar-refractivity contribution in [2.75, 3.05) is 26.3 Å². The van der Waals surface area contributed by atoms with Crippen molar-refractivity contribution in [1.29, 1.82) is 0 Å². The molecule has 7 heteroatoms. The highest BCUT2D eigenvalue weighted by Crippen LogP contribution is 2.33. The third-order valence-electron chi connectivity index (χ3n) is 3.55. The van der Waals surface area contributed by atoms with Gasteiger partial charge < -0.3 is 15.2 Å². The zero-order valence-corrected chi connectivity index (χ0v) is 11.8. The molecule has 1 saturated heterocycles. The lowest BCUT2D eigenvalue weighted by Gasteiger charge is -2.39. The second kappa shape index (κ2) is 6.64. The Labute approximate surface area is 121 Å². The van der Waals surface area contributed by atoms with Crippen molar-refractivity contribution in [3.05, 3.63) is 29.8 Å². The van der Waals surface area contributed by atoms with Crippen molar-refractivity contribution in [3.63, 3.8) is 0 Å². The van der Waals surface area contributed by atoms with Crippen LogP contribution in [-0.2, 0) is 4.74 Å². The minimum Gasteiger partial charge on any atom is -0.405 e. The number of morpholine rings is 1. The Morgan fingerprint density at radius 3 is 2.76 bits per heavy atom. The van der Waals surface area contributed by atoms with Crippen LogP contribution in [-0.4, -0.2) is 43.6 Å². The summed E-state index contributed by atoms with van der Waals surface area (Å²) in [4.78, 5) is 2.06. The summed E-state index contributed by atoms with van der Waals surface area (Å²) in [6.45, 7) is 3.89. The standard InChI is InChI=1S/C14H19F3N2O2/c1-10-9-20-7-6-19(10)12(8-18)11-4-2-3-5-13(11)21-14(15,16)17/h2-5,10,12H,6-9,18H2,1H3. The average molecular weight is 304 g/mol. The SMILES string of the molecule is CC1COCCN1C(CN)c1ccccc1OC(F)(F)F. The molecule has 0 spiro atoms. The number of alkyl halides is 3. The molecule has 1 heterocycles. The summed E-state index contributed by atoms with van der Waals surface area (Å²) in [6.07, 6.45) is -4.72. The first-order valence-corrected chi connectivity index (χ1v) is 6.80. The second-order valence-electron chi connectivity index (χ2n) is 5.00. The van der Waals surface area contributed by atoms with Crippen LogP contribution in [0, 0.1) is 0 Å². The Balaban J connectivity index is 2.29.